The molecule has 122 valence electrons. The van der Waals surface area contributed by atoms with E-state index in [1.807, 2.05) is 4.90 Å². The van der Waals surface area contributed by atoms with Crippen LogP contribution < -0.4 is 9.64 Å². The molecule has 0 aromatic heterocycles. The molecule has 0 fully saturated rings. The zero-order valence-electron chi connectivity index (χ0n) is 12.3. The molecule has 0 bridgehead atoms. The Bertz CT molecular complexity index is 505. The maximum Gasteiger partial charge on any atom is 0.273 e. The number of nitro benzene ring substituents is 1. The van der Waals surface area contributed by atoms with Gasteiger partial charge in [0.1, 0.15) is 12.4 Å². The Morgan fingerprint density at radius 3 is 2.64 bits per heavy atom. The number of nitrogens with zero attached hydrogens (tertiary/aromatic N) is 3. The number of aliphatic hydroxyl groups is 2. The first-order valence-electron chi connectivity index (χ1n) is 7.26. The quantitative estimate of drug-likeness (QED) is 0.518. The summed E-state index contributed by atoms with van der Waals surface area (Å²) in [5, 5.41) is 28.8. The predicted molar refractivity (Wildman–Crippen MR) is 81.4 cm³/mol. The van der Waals surface area contributed by atoms with Crippen LogP contribution in [0.25, 0.3) is 0 Å². The molecule has 2 rings (SSSR count). The van der Waals surface area contributed by atoms with Crippen LogP contribution in [0, 0.1) is 10.1 Å². The summed E-state index contributed by atoms with van der Waals surface area (Å²) < 4.78 is 5.51. The minimum Gasteiger partial charge on any atom is -0.489 e. The van der Waals surface area contributed by atoms with Gasteiger partial charge in [0.15, 0.2) is 0 Å². The smallest absolute Gasteiger partial charge is 0.273 e. The van der Waals surface area contributed by atoms with Crippen molar-refractivity contribution in [1.29, 1.82) is 0 Å². The van der Waals surface area contributed by atoms with Crippen molar-refractivity contribution < 1.29 is 19.9 Å². The molecule has 2 N–H and O–H groups in total. The highest BCUT2D eigenvalue weighted by atomic mass is 16.6. The lowest BCUT2D eigenvalue weighted by atomic mass is 10.2. The molecule has 0 radical (unpaired) electrons. The number of aliphatic hydroxyl groups excluding tert-OH is 2. The third kappa shape index (κ3) is 4.06. The number of hydrogen-bond acceptors (Lipinski definition) is 7. The molecule has 0 unspecified atom stereocenters. The van der Waals surface area contributed by atoms with E-state index in [0.29, 0.717) is 45.1 Å². The van der Waals surface area contributed by atoms with E-state index < -0.39 is 4.92 Å². The van der Waals surface area contributed by atoms with Crippen LogP contribution in [0.5, 0.6) is 5.75 Å². The van der Waals surface area contributed by atoms with Crippen molar-refractivity contribution in [1.82, 2.24) is 4.90 Å². The van der Waals surface area contributed by atoms with Crippen molar-refractivity contribution in [3.8, 4) is 5.75 Å². The highest BCUT2D eigenvalue weighted by Gasteiger charge is 2.21. The molecule has 1 heterocycles. The van der Waals surface area contributed by atoms with Crippen LogP contribution in [0.4, 0.5) is 11.4 Å². The largest absolute Gasteiger partial charge is 0.489 e. The van der Waals surface area contributed by atoms with Gasteiger partial charge >= 0.3 is 0 Å². The molecular formula is C14H21N3O5. The zero-order valence-corrected chi connectivity index (χ0v) is 12.3. The van der Waals surface area contributed by atoms with Gasteiger partial charge in [0.2, 0.25) is 0 Å². The minimum absolute atomic E-state index is 0.0165. The summed E-state index contributed by atoms with van der Waals surface area (Å²) in [6.45, 7) is 3.70. The van der Waals surface area contributed by atoms with E-state index in [-0.39, 0.29) is 18.9 Å². The number of rotatable bonds is 8. The second kappa shape index (κ2) is 7.92. The molecular weight excluding hydrogens is 290 g/mol. The Morgan fingerprint density at radius 1 is 1.27 bits per heavy atom. The maximum atomic E-state index is 10.8. The Kier molecular flexibility index (Phi) is 5.93. The molecule has 0 saturated carbocycles. The predicted octanol–water partition coefficient (Wildman–Crippen LogP) is 0.0802. The lowest BCUT2D eigenvalue weighted by Gasteiger charge is -2.33. The molecule has 1 aliphatic rings. The second-order valence-corrected chi connectivity index (χ2v) is 5.03. The van der Waals surface area contributed by atoms with E-state index in [0.717, 1.165) is 5.69 Å². The van der Waals surface area contributed by atoms with Gasteiger partial charge in [0.25, 0.3) is 5.69 Å². The summed E-state index contributed by atoms with van der Waals surface area (Å²) in [6, 6.07) is 4.62. The second-order valence-electron chi connectivity index (χ2n) is 5.03. The fourth-order valence-electron chi connectivity index (χ4n) is 2.49. The van der Waals surface area contributed by atoms with Gasteiger partial charge in [-0.2, -0.15) is 0 Å². The van der Waals surface area contributed by atoms with Gasteiger partial charge in [-0.15, -0.1) is 0 Å². The molecule has 8 heteroatoms. The van der Waals surface area contributed by atoms with Crippen LogP contribution in [-0.4, -0.2) is 72.6 Å². The number of anilines is 1. The summed E-state index contributed by atoms with van der Waals surface area (Å²) in [7, 11) is 0. The number of benzene rings is 1. The molecule has 0 spiro atoms. The molecule has 1 aliphatic heterocycles. The van der Waals surface area contributed by atoms with Crippen molar-refractivity contribution in [3.63, 3.8) is 0 Å². The summed E-state index contributed by atoms with van der Waals surface area (Å²) in [5.74, 6) is 0.524. The maximum absolute atomic E-state index is 10.8. The van der Waals surface area contributed by atoms with E-state index >= 15 is 0 Å². The van der Waals surface area contributed by atoms with Crippen LogP contribution in [0.1, 0.15) is 0 Å². The van der Waals surface area contributed by atoms with Crippen LogP contribution >= 0.6 is 0 Å². The number of ether oxygens (including phenoxy) is 1. The van der Waals surface area contributed by atoms with Gasteiger partial charge in [-0.3, -0.25) is 15.0 Å². The van der Waals surface area contributed by atoms with Gasteiger partial charge in [-0.1, -0.05) is 0 Å². The highest BCUT2D eigenvalue weighted by Crippen LogP contribution is 2.34. The molecule has 0 amide bonds. The van der Waals surface area contributed by atoms with Gasteiger partial charge < -0.3 is 19.8 Å². The normalized spacial score (nSPS) is 13.9. The molecule has 0 atom stereocenters. The highest BCUT2D eigenvalue weighted by molar-refractivity contribution is 5.63. The summed E-state index contributed by atoms with van der Waals surface area (Å²) >= 11 is 0. The van der Waals surface area contributed by atoms with Crippen molar-refractivity contribution in [2.45, 2.75) is 0 Å². The monoisotopic (exact) mass is 311 g/mol. The Balaban J connectivity index is 2.04. The van der Waals surface area contributed by atoms with Crippen LogP contribution in [0.3, 0.4) is 0 Å². The van der Waals surface area contributed by atoms with E-state index in [1.165, 1.54) is 12.1 Å². The Hall–Kier alpha value is -1.90. The zero-order chi connectivity index (χ0) is 15.9. The third-order valence-electron chi connectivity index (χ3n) is 3.63. The fourth-order valence-corrected chi connectivity index (χ4v) is 2.49. The first kappa shape index (κ1) is 16.5. The summed E-state index contributed by atoms with van der Waals surface area (Å²) in [4.78, 5) is 14.4. The first-order valence-corrected chi connectivity index (χ1v) is 7.26. The van der Waals surface area contributed by atoms with E-state index in [4.69, 9.17) is 14.9 Å². The number of nitro groups is 1. The molecule has 1 aromatic rings. The van der Waals surface area contributed by atoms with Crippen molar-refractivity contribution >= 4 is 11.4 Å². The topological polar surface area (TPSA) is 99.3 Å². The Labute approximate surface area is 128 Å². The van der Waals surface area contributed by atoms with Gasteiger partial charge in [0, 0.05) is 32.2 Å². The van der Waals surface area contributed by atoms with Crippen molar-refractivity contribution in [2.24, 2.45) is 0 Å². The SMILES string of the molecule is O=[N+]([O-])c1ccc2c(c1)OCCN2CCN(CCO)CCO. The third-order valence-corrected chi connectivity index (χ3v) is 3.63. The number of fused-ring (bicyclic) bond motifs is 1. The van der Waals surface area contributed by atoms with Gasteiger partial charge in [-0.25, -0.2) is 0 Å². The van der Waals surface area contributed by atoms with Crippen LogP contribution in [0.2, 0.25) is 0 Å². The van der Waals surface area contributed by atoms with Gasteiger partial charge in [0.05, 0.1) is 36.4 Å². The molecule has 0 saturated heterocycles. The van der Waals surface area contributed by atoms with Gasteiger partial charge in [-0.05, 0) is 6.07 Å². The molecule has 1 aromatic carbocycles. The summed E-state index contributed by atoms with van der Waals surface area (Å²) in [5.41, 5.74) is 0.854. The van der Waals surface area contributed by atoms with Crippen LogP contribution in [0.15, 0.2) is 18.2 Å². The first-order chi connectivity index (χ1) is 10.7. The molecule has 22 heavy (non-hydrogen) atoms. The lowest BCUT2D eigenvalue weighted by molar-refractivity contribution is -0.384. The lowest BCUT2D eigenvalue weighted by Crippen LogP contribution is -2.41. The fraction of sp³-hybridized carbons (Fsp3) is 0.571. The minimum atomic E-state index is -0.438. The number of hydrogen-bond donors (Lipinski definition) is 2. The molecule has 0 aliphatic carbocycles. The van der Waals surface area contributed by atoms with E-state index in [2.05, 4.69) is 4.90 Å². The number of non-ortho nitro benzene ring substituents is 1. The van der Waals surface area contributed by atoms with Crippen LogP contribution in [-0.2, 0) is 0 Å². The average molecular weight is 311 g/mol. The van der Waals surface area contributed by atoms with E-state index in [9.17, 15) is 10.1 Å². The average Bonchev–Trinajstić information content (AvgIpc) is 2.52. The Morgan fingerprint density at radius 2 is 2.00 bits per heavy atom. The van der Waals surface area contributed by atoms with Crippen molar-refractivity contribution in [2.75, 3.05) is 57.4 Å². The van der Waals surface area contributed by atoms with Crippen molar-refractivity contribution in [3.05, 3.63) is 28.3 Å². The summed E-state index contributed by atoms with van der Waals surface area (Å²) in [6.07, 6.45) is 0. The standard InChI is InChI=1S/C14H21N3O5/c18-8-5-15(6-9-19)3-4-16-7-10-22-14-11-12(17(20)21)1-2-13(14)16/h1-2,11,18-19H,3-10H2. The van der Waals surface area contributed by atoms with E-state index in [1.54, 1.807) is 6.07 Å². The molecule has 8 nitrogen and oxygen atoms in total.